The number of nitrogens with two attached hydrogens (primary N) is 1. The number of hydrogen-bond acceptors (Lipinski definition) is 2. The van der Waals surface area contributed by atoms with Crippen molar-refractivity contribution in [3.8, 4) is 0 Å². The lowest BCUT2D eigenvalue weighted by atomic mass is 9.99. The first kappa shape index (κ1) is 10.8. The van der Waals surface area contributed by atoms with Gasteiger partial charge in [-0.1, -0.05) is 18.5 Å². The summed E-state index contributed by atoms with van der Waals surface area (Å²) in [5.41, 5.74) is 8.19. The van der Waals surface area contributed by atoms with E-state index in [1.807, 2.05) is 6.07 Å². The van der Waals surface area contributed by atoms with Gasteiger partial charge < -0.3 is 11.1 Å². The molecule has 0 saturated carbocycles. The van der Waals surface area contributed by atoms with E-state index in [4.69, 9.17) is 17.3 Å². The summed E-state index contributed by atoms with van der Waals surface area (Å²) in [4.78, 5) is 0. The fraction of sp³-hybridized carbons (Fsp3) is 0.500. The van der Waals surface area contributed by atoms with Gasteiger partial charge in [0.25, 0.3) is 0 Å². The average Bonchev–Trinajstić information content (AvgIpc) is 2.59. The predicted octanol–water partition coefficient (Wildman–Crippen LogP) is 2.66. The van der Waals surface area contributed by atoms with Crippen LogP contribution < -0.4 is 11.1 Å². The van der Waals surface area contributed by atoms with Crippen LogP contribution in [0.1, 0.15) is 18.9 Å². The third kappa shape index (κ3) is 2.44. The molecule has 0 amide bonds. The van der Waals surface area contributed by atoms with Crippen molar-refractivity contribution >= 4 is 17.3 Å². The summed E-state index contributed by atoms with van der Waals surface area (Å²) < 4.78 is 0. The van der Waals surface area contributed by atoms with Gasteiger partial charge >= 0.3 is 0 Å². The third-order valence-electron chi connectivity index (χ3n) is 2.98. The second-order valence-corrected chi connectivity index (χ2v) is 4.86. The number of benzene rings is 1. The molecule has 82 valence electrons. The molecule has 0 saturated heterocycles. The predicted molar refractivity (Wildman–Crippen MR) is 65.4 cm³/mol. The van der Waals surface area contributed by atoms with E-state index < -0.39 is 0 Å². The number of hydrogen-bond donors (Lipinski definition) is 2. The maximum atomic E-state index is 5.96. The van der Waals surface area contributed by atoms with E-state index >= 15 is 0 Å². The van der Waals surface area contributed by atoms with Crippen LogP contribution in [-0.2, 0) is 6.42 Å². The topological polar surface area (TPSA) is 38.0 Å². The normalized spacial score (nSPS) is 20.9. The summed E-state index contributed by atoms with van der Waals surface area (Å²) in [5.74, 6) is 0.576. The highest BCUT2D eigenvalue weighted by Gasteiger charge is 2.21. The molecule has 2 atom stereocenters. The molecule has 2 nitrogen and oxygen atoms in total. The maximum absolute atomic E-state index is 5.96. The molecule has 1 aliphatic heterocycles. The lowest BCUT2D eigenvalue weighted by Gasteiger charge is -2.15. The first-order chi connectivity index (χ1) is 7.19. The molecule has 1 heterocycles. The van der Waals surface area contributed by atoms with Crippen LogP contribution in [0, 0.1) is 5.92 Å². The Balaban J connectivity index is 2.03. The summed E-state index contributed by atoms with van der Waals surface area (Å²) in [6.07, 6.45) is 2.20. The minimum absolute atomic E-state index is 0.525. The average molecular weight is 225 g/mol. The number of nitrogens with one attached hydrogen (secondary N) is 1. The molecule has 2 rings (SSSR count). The Bertz CT molecular complexity index is 351. The van der Waals surface area contributed by atoms with Crippen molar-refractivity contribution in [3.05, 3.63) is 28.8 Å². The van der Waals surface area contributed by atoms with Crippen molar-refractivity contribution in [3.63, 3.8) is 0 Å². The van der Waals surface area contributed by atoms with Crippen molar-refractivity contribution in [2.75, 3.05) is 11.9 Å². The van der Waals surface area contributed by atoms with E-state index in [0.29, 0.717) is 12.0 Å². The Morgan fingerprint density at radius 2 is 2.40 bits per heavy atom. The monoisotopic (exact) mass is 224 g/mol. The van der Waals surface area contributed by atoms with Crippen molar-refractivity contribution in [2.45, 2.75) is 25.8 Å². The number of anilines is 1. The van der Waals surface area contributed by atoms with E-state index in [1.165, 1.54) is 11.3 Å². The zero-order valence-electron chi connectivity index (χ0n) is 8.96. The standard InChI is InChI=1S/C12H17ClN2/c1-8(7-14)4-11-6-9-5-10(13)2-3-12(9)15-11/h2-3,5,8,11,15H,4,6-7,14H2,1H3. The second-order valence-electron chi connectivity index (χ2n) is 4.42. The van der Waals surface area contributed by atoms with Crippen LogP contribution in [0.4, 0.5) is 5.69 Å². The highest BCUT2D eigenvalue weighted by molar-refractivity contribution is 6.30. The molecule has 0 fully saturated rings. The first-order valence-corrected chi connectivity index (χ1v) is 5.82. The summed E-state index contributed by atoms with van der Waals surface area (Å²) >= 11 is 5.96. The molecule has 0 aromatic heterocycles. The zero-order chi connectivity index (χ0) is 10.8. The van der Waals surface area contributed by atoms with Crippen LogP contribution >= 0.6 is 11.6 Å². The van der Waals surface area contributed by atoms with Gasteiger partial charge in [0.2, 0.25) is 0 Å². The van der Waals surface area contributed by atoms with Gasteiger partial charge in [-0.3, -0.25) is 0 Å². The smallest absolute Gasteiger partial charge is 0.0410 e. The van der Waals surface area contributed by atoms with Crippen LogP contribution in [-0.4, -0.2) is 12.6 Å². The lowest BCUT2D eigenvalue weighted by molar-refractivity contribution is 0.496. The lowest BCUT2D eigenvalue weighted by Crippen LogP contribution is -2.22. The first-order valence-electron chi connectivity index (χ1n) is 5.44. The van der Waals surface area contributed by atoms with Crippen LogP contribution in [0.2, 0.25) is 5.02 Å². The molecule has 1 aromatic rings. The highest BCUT2D eigenvalue weighted by atomic mass is 35.5. The molecule has 1 aliphatic rings. The van der Waals surface area contributed by atoms with Gasteiger partial charge in [-0.15, -0.1) is 0 Å². The Kier molecular flexibility index (Phi) is 3.17. The van der Waals surface area contributed by atoms with Crippen molar-refractivity contribution in [1.29, 1.82) is 0 Å². The number of fused-ring (bicyclic) bond motifs is 1. The van der Waals surface area contributed by atoms with Crippen LogP contribution in [0.3, 0.4) is 0 Å². The number of rotatable bonds is 3. The Morgan fingerprint density at radius 3 is 3.13 bits per heavy atom. The van der Waals surface area contributed by atoms with Gasteiger partial charge in [-0.25, -0.2) is 0 Å². The second kappa shape index (κ2) is 4.42. The van der Waals surface area contributed by atoms with Crippen molar-refractivity contribution < 1.29 is 0 Å². The Morgan fingerprint density at radius 1 is 1.60 bits per heavy atom. The van der Waals surface area contributed by atoms with E-state index in [1.54, 1.807) is 0 Å². The molecule has 0 bridgehead atoms. The molecule has 0 spiro atoms. The fourth-order valence-corrected chi connectivity index (χ4v) is 2.33. The van der Waals surface area contributed by atoms with Gasteiger partial charge in [0.15, 0.2) is 0 Å². The number of halogens is 1. The van der Waals surface area contributed by atoms with E-state index in [9.17, 15) is 0 Å². The van der Waals surface area contributed by atoms with Crippen molar-refractivity contribution in [1.82, 2.24) is 0 Å². The van der Waals surface area contributed by atoms with Crippen LogP contribution in [0.25, 0.3) is 0 Å². The molecule has 3 heteroatoms. The molecule has 3 N–H and O–H groups in total. The summed E-state index contributed by atoms with van der Waals surface area (Å²) in [7, 11) is 0. The molecule has 0 aliphatic carbocycles. The highest BCUT2D eigenvalue weighted by Crippen LogP contribution is 2.30. The quantitative estimate of drug-likeness (QED) is 0.829. The Hall–Kier alpha value is -0.730. The SMILES string of the molecule is CC(CN)CC1Cc2cc(Cl)ccc2N1. The minimum atomic E-state index is 0.525. The minimum Gasteiger partial charge on any atom is -0.382 e. The van der Waals surface area contributed by atoms with Gasteiger partial charge in [-0.05, 0) is 49.1 Å². The molecule has 0 radical (unpaired) electrons. The van der Waals surface area contributed by atoms with Crippen LogP contribution in [0.5, 0.6) is 0 Å². The van der Waals surface area contributed by atoms with E-state index in [0.717, 1.165) is 24.4 Å². The largest absolute Gasteiger partial charge is 0.382 e. The van der Waals surface area contributed by atoms with Gasteiger partial charge in [0.05, 0.1) is 0 Å². The summed E-state index contributed by atoms with van der Waals surface area (Å²) in [6.45, 7) is 2.95. The molecule has 2 unspecified atom stereocenters. The van der Waals surface area contributed by atoms with Crippen molar-refractivity contribution in [2.24, 2.45) is 11.7 Å². The summed E-state index contributed by atoms with van der Waals surface area (Å²) in [5, 5.41) is 4.33. The molecule has 1 aromatic carbocycles. The molecule has 15 heavy (non-hydrogen) atoms. The fourth-order valence-electron chi connectivity index (χ4n) is 2.13. The maximum Gasteiger partial charge on any atom is 0.0410 e. The molecular formula is C12H17ClN2. The third-order valence-corrected chi connectivity index (χ3v) is 3.22. The van der Waals surface area contributed by atoms with Gasteiger partial charge in [0.1, 0.15) is 0 Å². The zero-order valence-corrected chi connectivity index (χ0v) is 9.72. The van der Waals surface area contributed by atoms with Gasteiger partial charge in [0, 0.05) is 16.8 Å². The van der Waals surface area contributed by atoms with E-state index in [2.05, 4.69) is 24.4 Å². The van der Waals surface area contributed by atoms with Gasteiger partial charge in [-0.2, -0.15) is 0 Å². The Labute approximate surface area is 95.8 Å². The van der Waals surface area contributed by atoms with Crippen LogP contribution in [0.15, 0.2) is 18.2 Å². The molecular weight excluding hydrogens is 208 g/mol. The summed E-state index contributed by atoms with van der Waals surface area (Å²) in [6, 6.07) is 6.57. The van der Waals surface area contributed by atoms with E-state index in [-0.39, 0.29) is 0 Å².